The lowest BCUT2D eigenvalue weighted by atomic mass is 9.86. The van der Waals surface area contributed by atoms with E-state index in [-0.39, 0.29) is 12.8 Å². The lowest BCUT2D eigenvalue weighted by molar-refractivity contribution is -0.137. The third kappa shape index (κ3) is 4.12. The second-order valence-corrected chi connectivity index (χ2v) is 6.94. The SMILES string of the molecule is Cc1ccccc1-c1cc(CC(=O)O)c(-c2ccccc2C)cc1CC(=O)O. The Labute approximate surface area is 164 Å². The minimum absolute atomic E-state index is 0.129. The topological polar surface area (TPSA) is 74.6 Å². The van der Waals surface area contributed by atoms with Crippen molar-refractivity contribution in [1.29, 1.82) is 0 Å². The average molecular weight is 374 g/mol. The zero-order chi connectivity index (χ0) is 20.3. The Bertz CT molecular complexity index is 965. The van der Waals surface area contributed by atoms with Gasteiger partial charge in [0.1, 0.15) is 0 Å². The predicted octanol–water partition coefficient (Wildman–Crippen LogP) is 4.89. The molecular formula is C24H22O4. The van der Waals surface area contributed by atoms with Crippen LogP contribution in [0.3, 0.4) is 0 Å². The maximum Gasteiger partial charge on any atom is 0.307 e. The Morgan fingerprint density at radius 1 is 0.643 bits per heavy atom. The molecule has 0 bridgehead atoms. The normalized spacial score (nSPS) is 10.6. The highest BCUT2D eigenvalue weighted by Gasteiger charge is 2.18. The minimum Gasteiger partial charge on any atom is -0.481 e. The molecular weight excluding hydrogens is 352 g/mol. The molecule has 0 aliphatic rings. The summed E-state index contributed by atoms with van der Waals surface area (Å²) in [7, 11) is 0. The smallest absolute Gasteiger partial charge is 0.307 e. The molecule has 0 heterocycles. The highest BCUT2D eigenvalue weighted by Crippen LogP contribution is 2.35. The van der Waals surface area contributed by atoms with Crippen molar-refractivity contribution in [3.8, 4) is 22.3 Å². The summed E-state index contributed by atoms with van der Waals surface area (Å²) in [5.74, 6) is -1.84. The van der Waals surface area contributed by atoms with Crippen LogP contribution in [0.4, 0.5) is 0 Å². The third-order valence-electron chi connectivity index (χ3n) is 4.88. The fourth-order valence-electron chi connectivity index (χ4n) is 3.56. The average Bonchev–Trinajstić information content (AvgIpc) is 2.63. The number of hydrogen-bond acceptors (Lipinski definition) is 2. The number of carboxylic acids is 2. The monoisotopic (exact) mass is 374 g/mol. The van der Waals surface area contributed by atoms with Crippen molar-refractivity contribution in [2.45, 2.75) is 26.7 Å². The first-order valence-electron chi connectivity index (χ1n) is 9.08. The summed E-state index contributed by atoms with van der Waals surface area (Å²) in [6, 6.07) is 19.1. The zero-order valence-corrected chi connectivity index (χ0v) is 15.9. The first kappa shape index (κ1) is 19.4. The van der Waals surface area contributed by atoms with Crippen LogP contribution in [-0.4, -0.2) is 22.2 Å². The molecule has 28 heavy (non-hydrogen) atoms. The first-order valence-corrected chi connectivity index (χ1v) is 9.08. The van der Waals surface area contributed by atoms with Gasteiger partial charge in [0.2, 0.25) is 0 Å². The second-order valence-electron chi connectivity index (χ2n) is 6.94. The number of benzene rings is 3. The number of carbonyl (C=O) groups is 2. The Balaban J connectivity index is 2.32. The van der Waals surface area contributed by atoms with Gasteiger partial charge in [-0.05, 0) is 70.5 Å². The number of hydrogen-bond donors (Lipinski definition) is 2. The van der Waals surface area contributed by atoms with E-state index in [2.05, 4.69) is 0 Å². The maximum absolute atomic E-state index is 11.5. The van der Waals surface area contributed by atoms with E-state index in [0.29, 0.717) is 11.1 Å². The second kappa shape index (κ2) is 8.09. The fraction of sp³-hybridized carbons (Fsp3) is 0.167. The van der Waals surface area contributed by atoms with Crippen LogP contribution >= 0.6 is 0 Å². The van der Waals surface area contributed by atoms with Crippen molar-refractivity contribution in [1.82, 2.24) is 0 Å². The molecule has 0 radical (unpaired) electrons. The Morgan fingerprint density at radius 2 is 1.00 bits per heavy atom. The number of rotatable bonds is 6. The van der Waals surface area contributed by atoms with Gasteiger partial charge in [-0.1, -0.05) is 48.5 Å². The van der Waals surface area contributed by atoms with E-state index < -0.39 is 11.9 Å². The maximum atomic E-state index is 11.5. The Morgan fingerprint density at radius 3 is 1.32 bits per heavy atom. The lowest BCUT2D eigenvalue weighted by Gasteiger charge is -2.18. The molecule has 0 spiro atoms. The zero-order valence-electron chi connectivity index (χ0n) is 15.9. The van der Waals surface area contributed by atoms with Gasteiger partial charge in [-0.15, -0.1) is 0 Å². The van der Waals surface area contributed by atoms with Gasteiger partial charge in [-0.2, -0.15) is 0 Å². The van der Waals surface area contributed by atoms with Gasteiger partial charge in [0.05, 0.1) is 12.8 Å². The molecule has 0 amide bonds. The molecule has 142 valence electrons. The van der Waals surface area contributed by atoms with Gasteiger partial charge in [-0.25, -0.2) is 0 Å². The van der Waals surface area contributed by atoms with E-state index >= 15 is 0 Å². The van der Waals surface area contributed by atoms with E-state index in [1.165, 1.54) is 0 Å². The molecule has 0 aliphatic carbocycles. The molecule has 3 aromatic rings. The van der Waals surface area contributed by atoms with E-state index in [1.54, 1.807) is 0 Å². The Kier molecular flexibility index (Phi) is 5.59. The van der Waals surface area contributed by atoms with Crippen LogP contribution in [-0.2, 0) is 22.4 Å². The molecule has 0 unspecified atom stereocenters. The fourth-order valence-corrected chi connectivity index (χ4v) is 3.56. The van der Waals surface area contributed by atoms with Gasteiger partial charge >= 0.3 is 11.9 Å². The first-order chi connectivity index (χ1) is 13.4. The summed E-state index contributed by atoms with van der Waals surface area (Å²) < 4.78 is 0. The lowest BCUT2D eigenvalue weighted by Crippen LogP contribution is -2.07. The van der Waals surface area contributed by atoms with Gasteiger partial charge in [0.25, 0.3) is 0 Å². The standard InChI is InChI=1S/C24H22O4/c1-15-7-3-5-9-19(15)21-11-18(14-24(27)28)22(12-17(21)13-23(25)26)20-10-6-4-8-16(20)2/h3-12H,13-14H2,1-2H3,(H,25,26)(H,27,28). The van der Waals surface area contributed by atoms with E-state index in [9.17, 15) is 19.8 Å². The molecule has 0 saturated heterocycles. The van der Waals surface area contributed by atoms with Crippen molar-refractivity contribution >= 4 is 11.9 Å². The molecule has 0 aliphatic heterocycles. The van der Waals surface area contributed by atoms with E-state index in [4.69, 9.17) is 0 Å². The summed E-state index contributed by atoms with van der Waals surface area (Å²) in [5, 5.41) is 18.9. The summed E-state index contributed by atoms with van der Waals surface area (Å²) in [5.41, 5.74) is 6.76. The molecule has 0 saturated carbocycles. The number of carboxylic acid groups (broad SMARTS) is 2. The minimum atomic E-state index is -0.920. The molecule has 0 aromatic heterocycles. The summed E-state index contributed by atoms with van der Waals surface area (Å²) in [6.07, 6.45) is -0.258. The summed E-state index contributed by atoms with van der Waals surface area (Å²) >= 11 is 0. The van der Waals surface area contributed by atoms with Crippen LogP contribution in [0.15, 0.2) is 60.7 Å². The molecule has 0 atom stereocenters. The highest BCUT2D eigenvalue weighted by molar-refractivity contribution is 5.85. The van der Waals surface area contributed by atoms with Crippen molar-refractivity contribution in [3.63, 3.8) is 0 Å². The van der Waals surface area contributed by atoms with Crippen LogP contribution in [0.25, 0.3) is 22.3 Å². The van der Waals surface area contributed by atoms with Crippen LogP contribution in [0, 0.1) is 13.8 Å². The van der Waals surface area contributed by atoms with E-state index in [0.717, 1.165) is 33.4 Å². The Hall–Kier alpha value is -3.40. The molecule has 3 rings (SSSR count). The van der Waals surface area contributed by atoms with Crippen molar-refractivity contribution in [3.05, 3.63) is 82.9 Å². The summed E-state index contributed by atoms with van der Waals surface area (Å²) in [4.78, 5) is 23.0. The molecule has 2 N–H and O–H groups in total. The van der Waals surface area contributed by atoms with E-state index in [1.807, 2.05) is 74.5 Å². The quantitative estimate of drug-likeness (QED) is 0.644. The summed E-state index contributed by atoms with van der Waals surface area (Å²) in [6.45, 7) is 3.93. The number of aliphatic carboxylic acids is 2. The largest absolute Gasteiger partial charge is 0.481 e. The third-order valence-corrected chi connectivity index (χ3v) is 4.88. The van der Waals surface area contributed by atoms with Crippen molar-refractivity contribution < 1.29 is 19.8 Å². The molecule has 0 fully saturated rings. The van der Waals surface area contributed by atoms with Crippen LogP contribution in [0.1, 0.15) is 22.3 Å². The van der Waals surface area contributed by atoms with Gasteiger partial charge in [0.15, 0.2) is 0 Å². The van der Waals surface area contributed by atoms with Crippen molar-refractivity contribution in [2.75, 3.05) is 0 Å². The van der Waals surface area contributed by atoms with Crippen LogP contribution in [0.2, 0.25) is 0 Å². The van der Waals surface area contributed by atoms with Gasteiger partial charge in [-0.3, -0.25) is 9.59 Å². The van der Waals surface area contributed by atoms with Gasteiger partial charge < -0.3 is 10.2 Å². The predicted molar refractivity (Wildman–Crippen MR) is 109 cm³/mol. The van der Waals surface area contributed by atoms with Crippen LogP contribution in [0.5, 0.6) is 0 Å². The van der Waals surface area contributed by atoms with Gasteiger partial charge in [0, 0.05) is 0 Å². The van der Waals surface area contributed by atoms with Crippen LogP contribution < -0.4 is 0 Å². The molecule has 3 aromatic carbocycles. The molecule has 4 nitrogen and oxygen atoms in total. The van der Waals surface area contributed by atoms with Crippen molar-refractivity contribution in [2.24, 2.45) is 0 Å². The molecule has 4 heteroatoms. The number of aryl methyl sites for hydroxylation is 2. The highest BCUT2D eigenvalue weighted by atomic mass is 16.4.